The maximum absolute atomic E-state index is 14.2. The Morgan fingerprint density at radius 3 is 2.48 bits per heavy atom. The number of amides is 4. The van der Waals surface area contributed by atoms with Crippen molar-refractivity contribution in [3.8, 4) is 16.5 Å². The van der Waals surface area contributed by atoms with E-state index in [0.29, 0.717) is 43.4 Å². The lowest BCUT2D eigenvalue weighted by molar-refractivity contribution is -0.146. The zero-order valence-corrected chi connectivity index (χ0v) is 49.9. The fourth-order valence-corrected chi connectivity index (χ4v) is 13.0. The van der Waals surface area contributed by atoms with E-state index >= 15 is 0 Å². The van der Waals surface area contributed by atoms with Crippen LogP contribution in [-0.2, 0) is 48.2 Å². The second-order valence-electron chi connectivity index (χ2n) is 23.2. The molecule has 22 heteroatoms. The Hall–Kier alpha value is -7.09. The van der Waals surface area contributed by atoms with Crippen molar-refractivity contribution in [3.05, 3.63) is 118 Å². The lowest BCUT2D eigenvalue weighted by Gasteiger charge is -2.41. The van der Waals surface area contributed by atoms with Crippen molar-refractivity contribution < 1.29 is 42.9 Å². The molecule has 4 amide bonds. The predicted molar refractivity (Wildman–Crippen MR) is 321 cm³/mol. The maximum Gasteiger partial charge on any atom is 0.318 e. The van der Waals surface area contributed by atoms with Gasteiger partial charge in [0.2, 0.25) is 24.3 Å². The predicted octanol–water partition coefficient (Wildman–Crippen LogP) is 7.35. The number of ketones is 1. The molecule has 0 unspecified atom stereocenters. The number of ether oxygens (including phenoxy) is 2. The number of rotatable bonds is 23. The third-order valence-electron chi connectivity index (χ3n) is 16.5. The van der Waals surface area contributed by atoms with Crippen LogP contribution in [0.3, 0.4) is 0 Å². The summed E-state index contributed by atoms with van der Waals surface area (Å²) in [7, 11) is 0. The van der Waals surface area contributed by atoms with Gasteiger partial charge in [-0.15, -0.1) is 11.3 Å². The van der Waals surface area contributed by atoms with Crippen LogP contribution in [0.25, 0.3) is 26.1 Å². The lowest BCUT2D eigenvalue weighted by atomic mass is 9.76. The first-order valence-electron chi connectivity index (χ1n) is 28.9. The first-order chi connectivity index (χ1) is 40.4. The number of nitrogens with one attached hydrogen (secondary N) is 2. The summed E-state index contributed by atoms with van der Waals surface area (Å²) in [6.07, 6.45) is 1.89. The molecule has 3 aromatic carbocycles. The van der Waals surface area contributed by atoms with Gasteiger partial charge in [0.25, 0.3) is 5.91 Å². The molecule has 4 aliphatic heterocycles. The van der Waals surface area contributed by atoms with Crippen LogP contribution in [0.1, 0.15) is 81.8 Å². The van der Waals surface area contributed by atoms with Gasteiger partial charge >= 0.3 is 6.01 Å². The molecule has 6 heterocycles. The third kappa shape index (κ3) is 14.9. The highest BCUT2D eigenvalue weighted by Gasteiger charge is 2.45. The Kier molecular flexibility index (Phi) is 20.3. The molecule has 9 rings (SSSR count). The van der Waals surface area contributed by atoms with Crippen LogP contribution in [0.4, 0.5) is 15.9 Å². The normalized spacial score (nSPS) is 19.5. The van der Waals surface area contributed by atoms with Crippen molar-refractivity contribution in [2.24, 2.45) is 11.3 Å². The molecule has 4 aliphatic rings. The Balaban J connectivity index is 0.735. The molecule has 3 fully saturated rings. The van der Waals surface area contributed by atoms with Crippen LogP contribution in [0.15, 0.2) is 78.6 Å². The van der Waals surface area contributed by atoms with E-state index in [9.17, 15) is 33.5 Å². The Morgan fingerprint density at radius 1 is 0.952 bits per heavy atom. The number of piperazine rings is 1. The van der Waals surface area contributed by atoms with Crippen LogP contribution in [-0.4, -0.2) is 167 Å². The Labute approximate surface area is 499 Å². The lowest BCUT2D eigenvalue weighted by Crippen LogP contribution is -2.57. The summed E-state index contributed by atoms with van der Waals surface area (Å²) in [6, 6.07) is 18.6. The van der Waals surface area contributed by atoms with Gasteiger partial charge < -0.3 is 49.7 Å². The third-order valence-corrected chi connectivity index (χ3v) is 17.8. The van der Waals surface area contributed by atoms with Gasteiger partial charge in [-0.2, -0.15) is 9.97 Å². The minimum Gasteiger partial charge on any atom is -0.462 e. The van der Waals surface area contributed by atoms with E-state index in [4.69, 9.17) is 37.6 Å². The van der Waals surface area contributed by atoms with Crippen LogP contribution >= 0.6 is 22.9 Å². The number of carbonyl (C=O) groups is 5. The van der Waals surface area contributed by atoms with Crippen LogP contribution < -0.4 is 25.2 Å². The van der Waals surface area contributed by atoms with Crippen molar-refractivity contribution in [2.45, 2.75) is 110 Å². The van der Waals surface area contributed by atoms with Crippen LogP contribution in [0, 0.1) is 24.8 Å². The summed E-state index contributed by atoms with van der Waals surface area (Å²) in [5, 5.41) is 19.2. The number of aryl methyl sites for hydroxylation is 1. The van der Waals surface area contributed by atoms with Gasteiger partial charge in [-0.05, 0) is 66.8 Å². The summed E-state index contributed by atoms with van der Waals surface area (Å²) < 4.78 is 26.4. The van der Waals surface area contributed by atoms with E-state index < -0.39 is 41.3 Å². The van der Waals surface area contributed by atoms with Gasteiger partial charge in [0.05, 0.1) is 52.7 Å². The first kappa shape index (κ1) is 61.5. The summed E-state index contributed by atoms with van der Waals surface area (Å²) in [4.78, 5) is 95.4. The molecule has 5 atom stereocenters. The van der Waals surface area contributed by atoms with E-state index in [-0.39, 0.29) is 120 Å². The van der Waals surface area contributed by atoms with Crippen molar-refractivity contribution >= 4 is 74.6 Å². The summed E-state index contributed by atoms with van der Waals surface area (Å²) in [5.41, 5.74) is 6.80. The largest absolute Gasteiger partial charge is 0.462 e. The number of β-amino-alcohol motifs (C(OH)–C–C–N with tert-alkyl or cyclic N) is 1. The van der Waals surface area contributed by atoms with Crippen molar-refractivity contribution in [2.75, 3.05) is 88.5 Å². The van der Waals surface area contributed by atoms with E-state index in [1.807, 2.05) is 92.7 Å². The molecule has 0 bridgehead atoms. The smallest absolute Gasteiger partial charge is 0.318 e. The average Bonchev–Trinajstić information content (AvgIpc) is 3.01. The van der Waals surface area contributed by atoms with Crippen LogP contribution in [0.2, 0.25) is 5.02 Å². The highest BCUT2D eigenvalue weighted by atomic mass is 35.5. The molecular weight excluding hydrogens is 1110 g/mol. The Morgan fingerprint density at radius 2 is 1.74 bits per heavy atom. The highest BCUT2D eigenvalue weighted by Crippen LogP contribution is 2.39. The van der Waals surface area contributed by atoms with Gasteiger partial charge in [-0.1, -0.05) is 87.5 Å². The number of fused-ring (bicyclic) bond motifs is 2. The van der Waals surface area contributed by atoms with E-state index in [1.54, 1.807) is 11.3 Å². The fourth-order valence-electron chi connectivity index (χ4n) is 11.9. The average molecular weight is 1190 g/mol. The molecule has 5 aromatic rings. The molecule has 2 aromatic heterocycles. The van der Waals surface area contributed by atoms with Crippen LogP contribution in [0.5, 0.6) is 6.01 Å². The number of carbonyl (C=O) groups excluding carboxylic acids is 5. The zero-order chi connectivity index (χ0) is 59.7. The Bertz CT molecular complexity index is 3260. The number of benzene rings is 3. The molecule has 0 saturated carbocycles. The number of nitrogens with zero attached hydrogens (tertiary/aromatic N) is 9. The second kappa shape index (κ2) is 27.7. The number of thiazole rings is 1. The van der Waals surface area contributed by atoms with Gasteiger partial charge in [-0.3, -0.25) is 28.9 Å². The van der Waals surface area contributed by atoms with E-state index in [1.165, 1.54) is 9.80 Å². The number of halogens is 2. The number of hydrogen-bond donors (Lipinski definition) is 3. The molecule has 0 radical (unpaired) electrons. The summed E-state index contributed by atoms with van der Waals surface area (Å²) in [6.45, 7) is 22.8. The minimum absolute atomic E-state index is 0.00186. The van der Waals surface area contributed by atoms with Gasteiger partial charge in [0.15, 0.2) is 5.83 Å². The van der Waals surface area contributed by atoms with Crippen molar-refractivity contribution in [3.63, 3.8) is 0 Å². The fraction of sp³-hybridized carbons (Fsp3) is 0.500. The molecule has 3 N–H and O–H groups in total. The molecule has 3 saturated heterocycles. The first-order valence-corrected chi connectivity index (χ1v) is 30.2. The molecule has 0 spiro atoms. The molecule has 0 aliphatic carbocycles. The summed E-state index contributed by atoms with van der Waals surface area (Å²) in [5.74, 6) is -2.95. The number of aliphatic hydroxyl groups excluding tert-OH is 1. The van der Waals surface area contributed by atoms with E-state index in [0.717, 1.165) is 68.8 Å². The molecule has 446 valence electrons. The second-order valence-corrected chi connectivity index (χ2v) is 24.5. The van der Waals surface area contributed by atoms with Crippen molar-refractivity contribution in [1.82, 2.24) is 40.3 Å². The SMILES string of the molecule is [C-]#[N+]C[C@H]1CN(c2nc(OC[C@@H]3CCCN3CCC(=O)NCCOCCC(=O)C[C@H](C(=O)N3C[C@H](O)C[C@H]3C(=O)NCc3ccc(-c4scnc4C)cc3)C(C)(C)C)nc3c2CCN(c2cccc4cccc(Cl)c24)C3)CCN1C(=O)C(=C)F. The van der Waals surface area contributed by atoms with Crippen molar-refractivity contribution in [1.29, 1.82) is 0 Å². The highest BCUT2D eigenvalue weighted by molar-refractivity contribution is 7.13. The van der Waals surface area contributed by atoms with Gasteiger partial charge in [0.1, 0.15) is 30.3 Å². The summed E-state index contributed by atoms with van der Waals surface area (Å²) >= 11 is 8.36. The minimum atomic E-state index is -1.06. The number of Topliss-reactive ketones (excluding diaryl/α,β-unsaturated/α-hetero) is 1. The zero-order valence-electron chi connectivity index (χ0n) is 48.3. The molecule has 84 heavy (non-hydrogen) atoms. The topological polar surface area (TPSA) is 207 Å². The van der Waals surface area contributed by atoms with E-state index in [2.05, 4.69) is 42.9 Å². The number of aliphatic hydroxyl groups is 1. The van der Waals surface area contributed by atoms with Gasteiger partial charge in [-0.25, -0.2) is 15.9 Å². The number of likely N-dealkylation sites (tertiary alicyclic amines) is 2. The monoisotopic (exact) mass is 1190 g/mol. The maximum atomic E-state index is 14.2. The number of aromatic nitrogens is 3. The molecular formula is C62H75ClFN11O8S. The standard InChI is InChI=1S/C62H75ClFN11O8S/c1-39(64)59(80)74-27-26-73(34-45(74)33-65-6)57-48-19-24-72(52-14-8-11-42-10-7-13-50(63)55(42)52)36-51(48)69-61(70-57)83-37-44-12-9-23-71(44)25-20-54(78)66-22-29-82-28-21-46(76)30-49(62(3,4)5)60(81)75-35-47(77)31-53(75)58(79)67-32-41-15-17-43(18-16-41)56-40(2)68-38-84-56/h7-8,10-11,13-18,38,44-45,47,49,53,77H,1,9,12,19-37H2,2-5H3,(H,66,78)(H,67,79)/t44-,45-,47+,49+,53-/m0/s1. The quantitative estimate of drug-likeness (QED) is 0.0332. The number of anilines is 2. The van der Waals surface area contributed by atoms with Gasteiger partial charge in [0, 0.05) is 107 Å². The number of hydrogen-bond acceptors (Lipinski definition) is 15. The molecule has 19 nitrogen and oxygen atoms in total.